The first kappa shape index (κ1) is 27.8. The van der Waals surface area contributed by atoms with Crippen molar-refractivity contribution in [1.29, 1.82) is 5.41 Å². The molecule has 0 bridgehead atoms. The Labute approximate surface area is 228 Å². The van der Waals surface area contributed by atoms with Gasteiger partial charge in [0.15, 0.2) is 11.0 Å². The molecule has 0 atom stereocenters. The number of para-hydroxylation sites is 1. The first-order valence-corrected chi connectivity index (χ1v) is 12.3. The number of aliphatic imine (C=N–C) groups is 1. The van der Waals surface area contributed by atoms with Crippen molar-refractivity contribution in [3.05, 3.63) is 88.7 Å². The molecule has 3 aromatic rings. The van der Waals surface area contributed by atoms with Gasteiger partial charge in [0.2, 0.25) is 5.91 Å². The van der Waals surface area contributed by atoms with Gasteiger partial charge in [0.1, 0.15) is 17.3 Å². The van der Waals surface area contributed by atoms with Gasteiger partial charge >= 0.3 is 6.36 Å². The van der Waals surface area contributed by atoms with Gasteiger partial charge in [-0.05, 0) is 42.0 Å². The molecule has 0 unspecified atom stereocenters. The molecule has 3 aromatic carbocycles. The summed E-state index contributed by atoms with van der Waals surface area (Å²) in [5.74, 6) is -1.37. The van der Waals surface area contributed by atoms with Crippen molar-refractivity contribution in [1.82, 2.24) is 0 Å². The van der Waals surface area contributed by atoms with E-state index in [0.717, 1.165) is 28.8 Å². The Balaban J connectivity index is 1.35. The van der Waals surface area contributed by atoms with Crippen LogP contribution in [0.3, 0.4) is 0 Å². The average molecular weight is 577 g/mol. The second-order valence-corrected chi connectivity index (χ2v) is 9.01. The van der Waals surface area contributed by atoms with Gasteiger partial charge in [-0.15, -0.1) is 18.3 Å². The maximum atomic E-state index is 14.3. The van der Waals surface area contributed by atoms with Crippen LogP contribution in [-0.2, 0) is 4.79 Å². The fraction of sp³-hybridized carbons (Fsp3) is 0.0800. The van der Waals surface area contributed by atoms with Gasteiger partial charge in [-0.3, -0.25) is 15.1 Å². The minimum absolute atomic E-state index is 0.0680. The molecular formula is C25H17ClF4N6O2S. The zero-order valence-electron chi connectivity index (χ0n) is 19.6. The van der Waals surface area contributed by atoms with Gasteiger partial charge < -0.3 is 10.1 Å². The largest absolute Gasteiger partial charge is 0.573 e. The molecule has 0 saturated carbocycles. The smallest absolute Gasteiger partial charge is 0.406 e. The lowest BCUT2D eigenvalue weighted by Crippen LogP contribution is -2.30. The standard InChI is InChI=1S/C25H17ClF4N6O2S/c26-19-2-1-3-20(27)22(19)36-21(37)13-39-24(36)35-34-12-15-4-6-16(7-5-15)23(31)33-14-32-17-8-10-18(11-9-17)38-25(28,29)30/h1-12,14H,13H2,(H2,31,32,33)/b34-12+,35-24-. The van der Waals surface area contributed by atoms with E-state index in [4.69, 9.17) is 17.0 Å². The van der Waals surface area contributed by atoms with Crippen LogP contribution in [-0.4, -0.2) is 41.6 Å². The Bertz CT molecular complexity index is 1440. The maximum absolute atomic E-state index is 14.3. The summed E-state index contributed by atoms with van der Waals surface area (Å²) in [5.41, 5.74) is 1.51. The number of nitrogens with one attached hydrogen (secondary N) is 2. The van der Waals surface area contributed by atoms with Gasteiger partial charge in [-0.2, -0.15) is 5.10 Å². The van der Waals surface area contributed by atoms with E-state index in [1.165, 1.54) is 42.9 Å². The third-order valence-electron chi connectivity index (χ3n) is 4.97. The number of halogens is 5. The van der Waals surface area contributed by atoms with Gasteiger partial charge in [0.25, 0.3) is 0 Å². The fourth-order valence-corrected chi connectivity index (χ4v) is 4.29. The minimum Gasteiger partial charge on any atom is -0.406 e. The monoisotopic (exact) mass is 576 g/mol. The van der Waals surface area contributed by atoms with E-state index in [1.54, 1.807) is 24.3 Å². The molecular weight excluding hydrogens is 560 g/mol. The van der Waals surface area contributed by atoms with Crippen molar-refractivity contribution in [2.45, 2.75) is 6.36 Å². The Morgan fingerprint density at radius 3 is 2.49 bits per heavy atom. The summed E-state index contributed by atoms with van der Waals surface area (Å²) in [6.45, 7) is 0. The van der Waals surface area contributed by atoms with Crippen LogP contribution < -0.4 is 15.0 Å². The molecule has 1 aliphatic rings. The van der Waals surface area contributed by atoms with Crippen LogP contribution in [0.4, 0.5) is 28.9 Å². The van der Waals surface area contributed by atoms with Gasteiger partial charge in [0.05, 0.1) is 23.3 Å². The molecule has 0 spiro atoms. The normalized spacial score (nSPS) is 15.1. The summed E-state index contributed by atoms with van der Waals surface area (Å²) in [6.07, 6.45) is -2.10. The first-order valence-electron chi connectivity index (χ1n) is 11.0. The molecule has 8 nitrogen and oxygen atoms in total. The number of amides is 1. The second kappa shape index (κ2) is 12.1. The molecule has 4 rings (SSSR count). The molecule has 1 fully saturated rings. The molecule has 1 aliphatic heterocycles. The highest BCUT2D eigenvalue weighted by Gasteiger charge is 2.33. The quantitative estimate of drug-likeness (QED) is 0.149. The lowest BCUT2D eigenvalue weighted by molar-refractivity contribution is -0.274. The van der Waals surface area contributed by atoms with E-state index in [1.807, 2.05) is 0 Å². The topological polar surface area (TPSA) is 102 Å². The first-order chi connectivity index (χ1) is 18.6. The zero-order chi connectivity index (χ0) is 28.0. The predicted molar refractivity (Wildman–Crippen MR) is 145 cm³/mol. The van der Waals surface area contributed by atoms with Crippen molar-refractivity contribution >= 4 is 64.2 Å². The van der Waals surface area contributed by atoms with Crippen LogP contribution in [0.25, 0.3) is 0 Å². The molecule has 0 aromatic heterocycles. The molecule has 2 N–H and O–H groups in total. The van der Waals surface area contributed by atoms with Crippen LogP contribution in [0.1, 0.15) is 11.1 Å². The van der Waals surface area contributed by atoms with Crippen LogP contribution in [0.15, 0.2) is 81.9 Å². The number of hydrogen-bond acceptors (Lipinski definition) is 6. The highest BCUT2D eigenvalue weighted by molar-refractivity contribution is 8.15. The van der Waals surface area contributed by atoms with Crippen molar-refractivity contribution in [2.24, 2.45) is 15.2 Å². The van der Waals surface area contributed by atoms with E-state index >= 15 is 0 Å². The molecule has 1 amide bonds. The maximum Gasteiger partial charge on any atom is 0.573 e. The number of hydrogen-bond donors (Lipinski definition) is 2. The molecule has 0 radical (unpaired) electrons. The summed E-state index contributed by atoms with van der Waals surface area (Å²) >= 11 is 7.20. The van der Waals surface area contributed by atoms with Crippen molar-refractivity contribution in [3.8, 4) is 5.75 Å². The number of benzene rings is 3. The van der Waals surface area contributed by atoms with Crippen LogP contribution >= 0.6 is 23.4 Å². The Hall–Kier alpha value is -4.23. The van der Waals surface area contributed by atoms with Gasteiger partial charge in [0, 0.05) is 11.3 Å². The minimum atomic E-state index is -4.77. The third kappa shape index (κ3) is 7.42. The van der Waals surface area contributed by atoms with E-state index in [2.05, 4.69) is 25.2 Å². The number of anilines is 2. The Morgan fingerprint density at radius 1 is 1.10 bits per heavy atom. The summed E-state index contributed by atoms with van der Waals surface area (Å²) < 4.78 is 54.8. The number of rotatable bonds is 7. The molecule has 0 aliphatic carbocycles. The highest BCUT2D eigenvalue weighted by Crippen LogP contribution is 2.34. The highest BCUT2D eigenvalue weighted by atomic mass is 35.5. The molecule has 200 valence electrons. The summed E-state index contributed by atoms with van der Waals surface area (Å²) in [5, 5.41) is 19.2. The number of alkyl halides is 3. The summed E-state index contributed by atoms with van der Waals surface area (Å²) in [6, 6.07) is 15.8. The number of thioether (sulfide) groups is 1. The van der Waals surface area contributed by atoms with Crippen molar-refractivity contribution in [3.63, 3.8) is 0 Å². The van der Waals surface area contributed by atoms with E-state index < -0.39 is 12.2 Å². The van der Waals surface area contributed by atoms with Crippen LogP contribution in [0.5, 0.6) is 5.75 Å². The SMILES string of the molecule is N=C(/N=C\Nc1ccc(OC(F)(F)F)cc1)c1ccc(/C=N/N=C2\SCC(=O)N2c2c(F)cccc2Cl)cc1. The number of ether oxygens (including phenoxy) is 1. The molecule has 1 saturated heterocycles. The number of amidine groups is 2. The van der Waals surface area contributed by atoms with E-state index in [0.29, 0.717) is 16.8 Å². The van der Waals surface area contributed by atoms with Gasteiger partial charge in [-0.25, -0.2) is 9.38 Å². The Morgan fingerprint density at radius 2 is 1.82 bits per heavy atom. The number of nitrogens with zero attached hydrogens (tertiary/aromatic N) is 4. The van der Waals surface area contributed by atoms with Gasteiger partial charge in [-0.1, -0.05) is 53.7 Å². The van der Waals surface area contributed by atoms with Crippen molar-refractivity contribution < 1.29 is 27.1 Å². The number of carbonyl (C=O) groups is 1. The third-order valence-corrected chi connectivity index (χ3v) is 6.19. The summed E-state index contributed by atoms with van der Waals surface area (Å²) in [4.78, 5) is 17.4. The molecule has 1 heterocycles. The number of carbonyl (C=O) groups excluding carboxylic acids is 1. The van der Waals surface area contributed by atoms with E-state index in [9.17, 15) is 22.4 Å². The van der Waals surface area contributed by atoms with Crippen LogP contribution in [0, 0.1) is 11.2 Å². The molecule has 14 heteroatoms. The summed E-state index contributed by atoms with van der Waals surface area (Å²) in [7, 11) is 0. The lowest BCUT2D eigenvalue weighted by atomic mass is 10.1. The second-order valence-electron chi connectivity index (χ2n) is 7.66. The Kier molecular flexibility index (Phi) is 8.62. The van der Waals surface area contributed by atoms with Crippen LogP contribution in [0.2, 0.25) is 5.02 Å². The predicted octanol–water partition coefficient (Wildman–Crippen LogP) is 6.31. The fourth-order valence-electron chi connectivity index (χ4n) is 3.23. The zero-order valence-corrected chi connectivity index (χ0v) is 21.2. The van der Waals surface area contributed by atoms with Crippen molar-refractivity contribution in [2.75, 3.05) is 16.0 Å². The van der Waals surface area contributed by atoms with E-state index in [-0.39, 0.29) is 39.1 Å². The molecule has 39 heavy (non-hydrogen) atoms. The average Bonchev–Trinajstić information content (AvgIpc) is 3.24. The lowest BCUT2D eigenvalue weighted by Gasteiger charge is -2.17.